The number of halogens is 2. The fraction of sp³-hybridized carbons (Fsp3) is 0.0833. The Morgan fingerprint density at radius 1 is 1.35 bits per heavy atom. The Kier molecular flexibility index (Phi) is 2.61. The predicted molar refractivity (Wildman–Crippen MR) is 66.8 cm³/mol. The van der Waals surface area contributed by atoms with Crippen LogP contribution in [0.1, 0.15) is 5.89 Å². The van der Waals surface area contributed by atoms with Crippen LogP contribution in [-0.4, -0.2) is 4.98 Å². The van der Waals surface area contributed by atoms with Gasteiger partial charge >= 0.3 is 0 Å². The van der Waals surface area contributed by atoms with Crippen LogP contribution in [0.25, 0.3) is 20.7 Å². The number of hydrogen-bond donors (Lipinski definition) is 0. The zero-order chi connectivity index (χ0) is 11.8. The maximum atomic E-state index is 13.1. The molecule has 0 amide bonds. The van der Waals surface area contributed by atoms with E-state index in [0.29, 0.717) is 11.7 Å². The van der Waals surface area contributed by atoms with E-state index in [-0.39, 0.29) is 11.7 Å². The predicted octanol–water partition coefficient (Wildman–Crippen LogP) is 4.43. The Morgan fingerprint density at radius 3 is 3.00 bits per heavy atom. The average molecular weight is 268 g/mol. The minimum absolute atomic E-state index is 0.232. The summed E-state index contributed by atoms with van der Waals surface area (Å²) in [6, 6.07) is 6.67. The SMILES string of the molecule is Fc1ccc2cc(-c3cnc(CCl)o3)sc2c1. The van der Waals surface area contributed by atoms with E-state index in [1.165, 1.54) is 23.5 Å². The summed E-state index contributed by atoms with van der Waals surface area (Å²) in [6.45, 7) is 0. The van der Waals surface area contributed by atoms with Crippen molar-refractivity contribution in [1.29, 1.82) is 0 Å². The summed E-state index contributed by atoms with van der Waals surface area (Å²) >= 11 is 7.10. The molecule has 0 atom stereocenters. The number of benzene rings is 1. The normalized spacial score (nSPS) is 11.2. The third-order valence-electron chi connectivity index (χ3n) is 2.39. The Bertz CT molecular complexity index is 676. The first-order valence-electron chi connectivity index (χ1n) is 4.96. The molecule has 0 radical (unpaired) electrons. The van der Waals surface area contributed by atoms with Crippen molar-refractivity contribution < 1.29 is 8.81 Å². The molecule has 3 rings (SSSR count). The van der Waals surface area contributed by atoms with Gasteiger partial charge in [0.05, 0.1) is 17.0 Å². The monoisotopic (exact) mass is 267 g/mol. The Balaban J connectivity index is 2.11. The summed E-state index contributed by atoms with van der Waals surface area (Å²) in [5.74, 6) is 1.18. The summed E-state index contributed by atoms with van der Waals surface area (Å²) in [5.41, 5.74) is 0. The highest BCUT2D eigenvalue weighted by atomic mass is 35.5. The number of aromatic nitrogens is 1. The molecule has 0 N–H and O–H groups in total. The lowest BCUT2D eigenvalue weighted by Crippen LogP contribution is -1.70. The van der Waals surface area contributed by atoms with Crippen LogP contribution in [0.2, 0.25) is 0 Å². The number of fused-ring (bicyclic) bond motifs is 1. The lowest BCUT2D eigenvalue weighted by atomic mass is 10.2. The van der Waals surface area contributed by atoms with Crippen LogP contribution in [0.5, 0.6) is 0 Å². The largest absolute Gasteiger partial charge is 0.439 e. The molecule has 1 aromatic carbocycles. The van der Waals surface area contributed by atoms with Gasteiger partial charge in [0.25, 0.3) is 0 Å². The Hall–Kier alpha value is -1.39. The number of thiophene rings is 1. The molecule has 2 nitrogen and oxygen atoms in total. The molecule has 17 heavy (non-hydrogen) atoms. The summed E-state index contributed by atoms with van der Waals surface area (Å²) in [5, 5.41) is 0.996. The molecule has 0 unspecified atom stereocenters. The maximum absolute atomic E-state index is 13.1. The first-order chi connectivity index (χ1) is 8.26. The van der Waals surface area contributed by atoms with Gasteiger partial charge in [0.1, 0.15) is 5.82 Å². The summed E-state index contributed by atoms with van der Waals surface area (Å²) in [6.07, 6.45) is 1.64. The molecule has 0 saturated heterocycles. The molecule has 3 aromatic rings. The van der Waals surface area contributed by atoms with Crippen LogP contribution in [-0.2, 0) is 5.88 Å². The zero-order valence-corrected chi connectivity index (χ0v) is 10.2. The van der Waals surface area contributed by atoms with Gasteiger partial charge in [0.2, 0.25) is 5.89 Å². The van der Waals surface area contributed by atoms with Crippen molar-refractivity contribution in [3.63, 3.8) is 0 Å². The third-order valence-corrected chi connectivity index (χ3v) is 3.73. The van der Waals surface area contributed by atoms with E-state index in [0.717, 1.165) is 15.0 Å². The van der Waals surface area contributed by atoms with Gasteiger partial charge in [-0.25, -0.2) is 9.37 Å². The van der Waals surface area contributed by atoms with Crippen LogP contribution in [0.15, 0.2) is 34.9 Å². The molecule has 2 aromatic heterocycles. The molecule has 0 aliphatic heterocycles. The number of nitrogens with zero attached hydrogens (tertiary/aromatic N) is 1. The molecule has 0 aliphatic carbocycles. The van der Waals surface area contributed by atoms with Gasteiger partial charge in [-0.1, -0.05) is 6.07 Å². The summed E-state index contributed by atoms with van der Waals surface area (Å²) < 4.78 is 19.4. The molecular formula is C12H7ClFNOS. The van der Waals surface area contributed by atoms with Crippen LogP contribution in [0.4, 0.5) is 4.39 Å². The van der Waals surface area contributed by atoms with E-state index < -0.39 is 0 Å². The molecule has 0 aliphatic rings. The van der Waals surface area contributed by atoms with Crippen molar-refractivity contribution in [1.82, 2.24) is 4.98 Å². The van der Waals surface area contributed by atoms with Gasteiger partial charge in [-0.15, -0.1) is 22.9 Å². The lowest BCUT2D eigenvalue weighted by Gasteiger charge is -1.87. The fourth-order valence-corrected chi connectivity index (χ4v) is 2.77. The standard InChI is InChI=1S/C12H7ClFNOS/c13-5-12-15-6-9(16-12)11-3-7-1-2-8(14)4-10(7)17-11/h1-4,6H,5H2. The molecule has 0 saturated carbocycles. The second-order valence-electron chi connectivity index (χ2n) is 3.54. The first-order valence-corrected chi connectivity index (χ1v) is 6.31. The number of alkyl halides is 1. The molecule has 0 spiro atoms. The van der Waals surface area contributed by atoms with Crippen molar-refractivity contribution in [2.75, 3.05) is 0 Å². The average Bonchev–Trinajstić information content (AvgIpc) is 2.93. The topological polar surface area (TPSA) is 26.0 Å². The second kappa shape index (κ2) is 4.13. The van der Waals surface area contributed by atoms with Crippen molar-refractivity contribution in [3.8, 4) is 10.6 Å². The van der Waals surface area contributed by atoms with E-state index in [4.69, 9.17) is 16.0 Å². The van der Waals surface area contributed by atoms with E-state index in [1.54, 1.807) is 12.3 Å². The highest BCUT2D eigenvalue weighted by molar-refractivity contribution is 7.22. The molecular weight excluding hydrogens is 261 g/mol. The van der Waals surface area contributed by atoms with Crippen molar-refractivity contribution in [2.24, 2.45) is 0 Å². The second-order valence-corrected chi connectivity index (χ2v) is 4.90. The Labute approximate surface area is 106 Å². The zero-order valence-electron chi connectivity index (χ0n) is 8.61. The van der Waals surface area contributed by atoms with Crippen molar-refractivity contribution in [3.05, 3.63) is 42.2 Å². The van der Waals surface area contributed by atoms with E-state index in [9.17, 15) is 4.39 Å². The first kappa shape index (κ1) is 10.7. The summed E-state index contributed by atoms with van der Waals surface area (Å²) in [7, 11) is 0. The van der Waals surface area contributed by atoms with Crippen LogP contribution in [0, 0.1) is 5.82 Å². The Morgan fingerprint density at radius 2 is 2.24 bits per heavy atom. The van der Waals surface area contributed by atoms with Crippen LogP contribution in [0.3, 0.4) is 0 Å². The minimum Gasteiger partial charge on any atom is -0.439 e. The fourth-order valence-electron chi connectivity index (χ4n) is 1.61. The van der Waals surface area contributed by atoms with Gasteiger partial charge in [-0.2, -0.15) is 0 Å². The maximum Gasteiger partial charge on any atom is 0.209 e. The van der Waals surface area contributed by atoms with Gasteiger partial charge < -0.3 is 4.42 Å². The van der Waals surface area contributed by atoms with Gasteiger partial charge in [-0.05, 0) is 23.6 Å². The minimum atomic E-state index is -0.232. The van der Waals surface area contributed by atoms with Gasteiger partial charge in [0, 0.05) is 4.70 Å². The summed E-state index contributed by atoms with van der Waals surface area (Å²) in [4.78, 5) is 4.96. The quantitative estimate of drug-likeness (QED) is 0.642. The highest BCUT2D eigenvalue weighted by Crippen LogP contribution is 2.34. The van der Waals surface area contributed by atoms with Gasteiger partial charge in [-0.3, -0.25) is 0 Å². The van der Waals surface area contributed by atoms with Crippen LogP contribution < -0.4 is 0 Å². The van der Waals surface area contributed by atoms with E-state index in [2.05, 4.69) is 4.98 Å². The van der Waals surface area contributed by atoms with Crippen molar-refractivity contribution >= 4 is 33.0 Å². The number of hydrogen-bond acceptors (Lipinski definition) is 3. The molecule has 0 fully saturated rings. The third kappa shape index (κ3) is 1.94. The van der Waals surface area contributed by atoms with Crippen LogP contribution >= 0.6 is 22.9 Å². The molecule has 2 heterocycles. The molecule has 5 heteroatoms. The van der Waals surface area contributed by atoms with Gasteiger partial charge in [0.15, 0.2) is 5.76 Å². The lowest BCUT2D eigenvalue weighted by molar-refractivity contribution is 0.530. The number of rotatable bonds is 2. The molecule has 0 bridgehead atoms. The van der Waals surface area contributed by atoms with Crippen molar-refractivity contribution in [2.45, 2.75) is 5.88 Å². The number of oxazole rings is 1. The highest BCUT2D eigenvalue weighted by Gasteiger charge is 2.09. The molecule has 86 valence electrons. The van der Waals surface area contributed by atoms with E-state index >= 15 is 0 Å². The van der Waals surface area contributed by atoms with E-state index in [1.807, 2.05) is 6.07 Å². The smallest absolute Gasteiger partial charge is 0.209 e.